The molecule has 21 heavy (non-hydrogen) atoms. The van der Waals surface area contributed by atoms with Crippen molar-refractivity contribution in [1.29, 1.82) is 0 Å². The monoisotopic (exact) mass is 288 g/mol. The van der Waals surface area contributed by atoms with E-state index in [-0.39, 0.29) is 11.9 Å². The van der Waals surface area contributed by atoms with Crippen LogP contribution in [0.1, 0.15) is 37.3 Å². The summed E-state index contributed by atoms with van der Waals surface area (Å²) in [6.07, 6.45) is 4.21. The largest absolute Gasteiger partial charge is 0.381 e. The molecule has 2 aliphatic rings. The van der Waals surface area contributed by atoms with Gasteiger partial charge in [0.25, 0.3) is 0 Å². The number of nitrogens with one attached hydrogen (secondary N) is 1. The second-order valence-electron chi connectivity index (χ2n) is 6.09. The fourth-order valence-electron chi connectivity index (χ4n) is 2.81. The molecule has 1 heterocycles. The number of hydrogen-bond acceptors (Lipinski definition) is 3. The predicted molar refractivity (Wildman–Crippen MR) is 83.4 cm³/mol. The lowest BCUT2D eigenvalue weighted by atomic mass is 9.96. The van der Waals surface area contributed by atoms with Crippen LogP contribution in [0, 0.1) is 5.92 Å². The van der Waals surface area contributed by atoms with Gasteiger partial charge in [-0.1, -0.05) is 18.2 Å². The van der Waals surface area contributed by atoms with Crippen LogP contribution in [0.2, 0.25) is 0 Å². The lowest BCUT2D eigenvalue weighted by Gasteiger charge is -2.32. The molecule has 114 valence electrons. The molecule has 1 aliphatic heterocycles. The number of rotatable bonds is 7. The Kier molecular flexibility index (Phi) is 4.56. The molecule has 3 rings (SSSR count). The van der Waals surface area contributed by atoms with Gasteiger partial charge in [0.15, 0.2) is 0 Å². The Labute approximate surface area is 126 Å². The Bertz CT molecular complexity index is 499. The third kappa shape index (κ3) is 3.63. The maximum atomic E-state index is 12.0. The molecule has 1 saturated carbocycles. The molecule has 0 radical (unpaired) electrons. The number of hydrogen-bond donors (Lipinski definition) is 1. The summed E-state index contributed by atoms with van der Waals surface area (Å²) >= 11 is 0. The van der Waals surface area contributed by atoms with Crippen LogP contribution in [0.5, 0.6) is 0 Å². The smallest absolute Gasteiger partial charge is 0.228 e. The van der Waals surface area contributed by atoms with Gasteiger partial charge in [0.1, 0.15) is 0 Å². The van der Waals surface area contributed by atoms with E-state index in [4.69, 9.17) is 4.74 Å². The maximum absolute atomic E-state index is 12.0. The van der Waals surface area contributed by atoms with E-state index in [1.165, 1.54) is 18.4 Å². The van der Waals surface area contributed by atoms with E-state index in [1.807, 2.05) is 25.2 Å². The topological polar surface area (TPSA) is 41.6 Å². The van der Waals surface area contributed by atoms with Crippen molar-refractivity contribution in [3.05, 3.63) is 29.8 Å². The van der Waals surface area contributed by atoms with Crippen molar-refractivity contribution in [3.63, 3.8) is 0 Å². The highest BCUT2D eigenvalue weighted by Gasteiger charge is 2.28. The minimum atomic E-state index is 0.133. The van der Waals surface area contributed by atoms with Crippen LogP contribution < -0.4 is 10.2 Å². The third-order valence-electron chi connectivity index (χ3n) is 4.33. The molecule has 1 aliphatic carbocycles. The van der Waals surface area contributed by atoms with Gasteiger partial charge in [-0.2, -0.15) is 0 Å². The summed E-state index contributed by atoms with van der Waals surface area (Å²) in [6.45, 7) is 2.63. The number of para-hydroxylation sites is 1. The van der Waals surface area contributed by atoms with Gasteiger partial charge in [-0.05, 0) is 43.4 Å². The van der Waals surface area contributed by atoms with Crippen molar-refractivity contribution in [2.45, 2.75) is 31.7 Å². The Morgan fingerprint density at radius 1 is 1.33 bits per heavy atom. The molecule has 1 atom stereocenters. The molecule has 1 aromatic rings. The predicted octanol–water partition coefficient (Wildman–Crippen LogP) is 2.50. The molecule has 4 nitrogen and oxygen atoms in total. The lowest BCUT2D eigenvalue weighted by Crippen LogP contribution is -2.38. The van der Waals surface area contributed by atoms with Gasteiger partial charge in [0.05, 0.1) is 0 Å². The summed E-state index contributed by atoms with van der Waals surface area (Å²) < 4.78 is 5.64. The second-order valence-corrected chi connectivity index (χ2v) is 6.09. The van der Waals surface area contributed by atoms with Crippen molar-refractivity contribution >= 4 is 11.6 Å². The molecular formula is C17H24N2O2. The average Bonchev–Trinajstić information content (AvgIpc) is 3.32. The van der Waals surface area contributed by atoms with Gasteiger partial charge < -0.3 is 15.0 Å². The third-order valence-corrected chi connectivity index (χ3v) is 4.33. The first-order valence-corrected chi connectivity index (χ1v) is 7.92. The van der Waals surface area contributed by atoms with Crippen LogP contribution in [0.3, 0.4) is 0 Å². The van der Waals surface area contributed by atoms with Crippen LogP contribution in [0.15, 0.2) is 24.3 Å². The first-order chi connectivity index (χ1) is 10.3. The minimum Gasteiger partial charge on any atom is -0.381 e. The fourth-order valence-corrected chi connectivity index (χ4v) is 2.81. The molecule has 1 unspecified atom stereocenters. The van der Waals surface area contributed by atoms with E-state index >= 15 is 0 Å². The molecule has 0 aromatic heterocycles. The van der Waals surface area contributed by atoms with E-state index in [2.05, 4.69) is 11.4 Å². The molecular weight excluding hydrogens is 264 g/mol. The average molecular weight is 288 g/mol. The number of carbonyl (C=O) groups is 1. The second kappa shape index (κ2) is 6.58. The van der Waals surface area contributed by atoms with Gasteiger partial charge >= 0.3 is 0 Å². The van der Waals surface area contributed by atoms with E-state index in [0.29, 0.717) is 6.42 Å². The highest BCUT2D eigenvalue weighted by Crippen LogP contribution is 2.33. The Balaban J connectivity index is 1.48. The van der Waals surface area contributed by atoms with Crippen LogP contribution >= 0.6 is 0 Å². The summed E-state index contributed by atoms with van der Waals surface area (Å²) in [5, 5.41) is 3.51. The zero-order chi connectivity index (χ0) is 14.7. The number of nitrogens with zero attached hydrogens (tertiary/aromatic N) is 1. The van der Waals surface area contributed by atoms with E-state index in [1.54, 1.807) is 4.90 Å². The van der Waals surface area contributed by atoms with Gasteiger partial charge in [0, 0.05) is 38.4 Å². The number of anilines is 1. The first kappa shape index (κ1) is 14.5. The Morgan fingerprint density at radius 3 is 2.95 bits per heavy atom. The zero-order valence-corrected chi connectivity index (χ0v) is 12.7. The quantitative estimate of drug-likeness (QED) is 0.784. The maximum Gasteiger partial charge on any atom is 0.228 e. The van der Waals surface area contributed by atoms with Crippen LogP contribution in [-0.4, -0.2) is 32.7 Å². The summed E-state index contributed by atoms with van der Waals surface area (Å²) in [7, 11) is 1.85. The Hall–Kier alpha value is -1.39. The molecule has 0 spiro atoms. The number of fused-ring (bicyclic) bond motifs is 1. The van der Waals surface area contributed by atoms with E-state index in [9.17, 15) is 4.79 Å². The van der Waals surface area contributed by atoms with Crippen molar-refractivity contribution in [2.75, 3.05) is 31.7 Å². The number of ether oxygens (including phenoxy) is 1. The molecule has 4 heteroatoms. The van der Waals surface area contributed by atoms with Gasteiger partial charge in [-0.15, -0.1) is 0 Å². The summed E-state index contributed by atoms with van der Waals surface area (Å²) in [5.41, 5.74) is 2.25. The number of amides is 1. The summed E-state index contributed by atoms with van der Waals surface area (Å²) in [5.74, 6) is 1.01. The van der Waals surface area contributed by atoms with Crippen molar-refractivity contribution in [2.24, 2.45) is 5.92 Å². The van der Waals surface area contributed by atoms with Crippen LogP contribution in [-0.2, 0) is 9.53 Å². The molecule has 1 amide bonds. The standard InChI is InChI=1S/C17H24N2O2/c1-19-16-6-3-2-5-14(16)15(11-17(19)20)18-9-4-10-21-12-13-7-8-13/h2-3,5-6,13,15,18H,4,7-12H2,1H3. The van der Waals surface area contributed by atoms with Crippen LogP contribution in [0.4, 0.5) is 5.69 Å². The molecule has 0 bridgehead atoms. The number of carbonyl (C=O) groups excluding carboxylic acids is 1. The number of benzene rings is 1. The van der Waals surface area contributed by atoms with Crippen LogP contribution in [0.25, 0.3) is 0 Å². The molecule has 1 fully saturated rings. The van der Waals surface area contributed by atoms with E-state index in [0.717, 1.165) is 37.8 Å². The summed E-state index contributed by atoms with van der Waals surface area (Å²) in [6, 6.07) is 8.28. The van der Waals surface area contributed by atoms with Gasteiger partial charge in [-0.3, -0.25) is 4.79 Å². The lowest BCUT2D eigenvalue weighted by molar-refractivity contribution is -0.119. The minimum absolute atomic E-state index is 0.133. The van der Waals surface area contributed by atoms with Crippen molar-refractivity contribution in [1.82, 2.24) is 5.32 Å². The Morgan fingerprint density at radius 2 is 2.14 bits per heavy atom. The van der Waals surface area contributed by atoms with E-state index < -0.39 is 0 Å². The van der Waals surface area contributed by atoms with Gasteiger partial charge in [0.2, 0.25) is 5.91 Å². The normalized spacial score (nSPS) is 21.5. The highest BCUT2D eigenvalue weighted by atomic mass is 16.5. The van der Waals surface area contributed by atoms with Crippen molar-refractivity contribution in [3.8, 4) is 0 Å². The molecule has 0 saturated heterocycles. The molecule has 1 N–H and O–H groups in total. The van der Waals surface area contributed by atoms with Crippen molar-refractivity contribution < 1.29 is 9.53 Å². The SMILES string of the molecule is CN1C(=O)CC(NCCCOCC2CC2)c2ccccc21. The van der Waals surface area contributed by atoms with Gasteiger partial charge in [-0.25, -0.2) is 0 Å². The highest BCUT2D eigenvalue weighted by molar-refractivity contribution is 5.96. The molecule has 1 aromatic carbocycles. The fraction of sp³-hybridized carbons (Fsp3) is 0.588. The summed E-state index contributed by atoms with van der Waals surface area (Å²) in [4.78, 5) is 13.8. The zero-order valence-electron chi connectivity index (χ0n) is 12.7. The first-order valence-electron chi connectivity index (χ1n) is 7.92.